The number of nitrogens with zero attached hydrogens (tertiary/aromatic N) is 1. The molecule has 1 aliphatic rings. The van der Waals surface area contributed by atoms with E-state index in [-0.39, 0.29) is 17.9 Å². The maximum atomic E-state index is 13.1. The summed E-state index contributed by atoms with van der Waals surface area (Å²) >= 11 is 0. The molecule has 0 bridgehead atoms. The van der Waals surface area contributed by atoms with Crippen molar-refractivity contribution in [2.75, 3.05) is 13.1 Å². The highest BCUT2D eigenvalue weighted by Crippen LogP contribution is 2.26. The minimum absolute atomic E-state index is 0.147. The van der Waals surface area contributed by atoms with Crippen molar-refractivity contribution in [3.05, 3.63) is 77.4 Å². The van der Waals surface area contributed by atoms with Gasteiger partial charge >= 0.3 is 0 Å². The Morgan fingerprint density at radius 1 is 1.24 bits per heavy atom. The van der Waals surface area contributed by atoms with Crippen LogP contribution in [0.25, 0.3) is 6.08 Å². The highest BCUT2D eigenvalue weighted by atomic mass is 16.2. The van der Waals surface area contributed by atoms with Gasteiger partial charge in [-0.05, 0) is 30.9 Å². The lowest BCUT2D eigenvalue weighted by Crippen LogP contribution is -2.40. The maximum Gasteiger partial charge on any atom is 0.231 e. The van der Waals surface area contributed by atoms with Crippen LogP contribution in [-0.2, 0) is 4.79 Å². The van der Waals surface area contributed by atoms with Gasteiger partial charge in [-0.2, -0.15) is 0 Å². The lowest BCUT2D eigenvalue weighted by molar-refractivity contribution is -0.132. The zero-order valence-corrected chi connectivity index (χ0v) is 14.8. The molecule has 1 saturated heterocycles. The van der Waals surface area contributed by atoms with Gasteiger partial charge in [-0.15, -0.1) is 0 Å². The third kappa shape index (κ3) is 4.18. The van der Waals surface area contributed by atoms with Gasteiger partial charge in [-0.25, -0.2) is 0 Å². The summed E-state index contributed by atoms with van der Waals surface area (Å²) in [6.45, 7) is 3.20. The fourth-order valence-electron chi connectivity index (χ4n) is 3.52. The molecule has 2 N–H and O–H groups in total. The maximum absolute atomic E-state index is 13.1. The van der Waals surface area contributed by atoms with Gasteiger partial charge in [0, 0.05) is 13.1 Å². The van der Waals surface area contributed by atoms with Crippen molar-refractivity contribution in [1.82, 2.24) is 4.90 Å². The van der Waals surface area contributed by atoms with Crippen molar-refractivity contribution < 1.29 is 4.79 Å². The molecule has 3 heteroatoms. The Balaban J connectivity index is 1.76. The molecule has 0 spiro atoms. The van der Waals surface area contributed by atoms with Gasteiger partial charge in [0.15, 0.2) is 0 Å². The van der Waals surface area contributed by atoms with Crippen molar-refractivity contribution in [1.29, 1.82) is 0 Å². The van der Waals surface area contributed by atoms with Crippen LogP contribution in [0.1, 0.15) is 35.4 Å². The van der Waals surface area contributed by atoms with Gasteiger partial charge in [-0.1, -0.05) is 72.3 Å². The Bertz CT molecular complexity index is 739. The fraction of sp³-hybridized carbons (Fsp3) is 0.318. The average Bonchev–Trinajstić information content (AvgIpc) is 3.10. The van der Waals surface area contributed by atoms with Gasteiger partial charge in [0.2, 0.25) is 5.91 Å². The number of carbonyl (C=O) groups is 1. The minimum Gasteiger partial charge on any atom is -0.336 e. The third-order valence-electron chi connectivity index (χ3n) is 4.87. The van der Waals surface area contributed by atoms with E-state index in [0.717, 1.165) is 36.1 Å². The van der Waals surface area contributed by atoms with Gasteiger partial charge in [0.1, 0.15) is 0 Å². The monoisotopic (exact) mass is 334 g/mol. The summed E-state index contributed by atoms with van der Waals surface area (Å²) in [5.74, 6) is -0.112. The second kappa shape index (κ2) is 8.13. The molecule has 130 valence electrons. The van der Waals surface area contributed by atoms with E-state index in [2.05, 4.69) is 30.4 Å². The van der Waals surface area contributed by atoms with E-state index in [1.165, 1.54) is 0 Å². The minimum atomic E-state index is -0.259. The lowest BCUT2D eigenvalue weighted by atomic mass is 9.96. The van der Waals surface area contributed by atoms with Crippen molar-refractivity contribution >= 4 is 12.0 Å². The van der Waals surface area contributed by atoms with Crippen LogP contribution in [0.3, 0.4) is 0 Å². The summed E-state index contributed by atoms with van der Waals surface area (Å²) in [6, 6.07) is 18.5. The molecule has 2 atom stereocenters. The van der Waals surface area contributed by atoms with Crippen molar-refractivity contribution in [3.8, 4) is 0 Å². The van der Waals surface area contributed by atoms with E-state index in [0.29, 0.717) is 6.54 Å². The van der Waals surface area contributed by atoms with Crippen LogP contribution >= 0.6 is 0 Å². The molecule has 2 unspecified atom stereocenters. The predicted molar refractivity (Wildman–Crippen MR) is 103 cm³/mol. The van der Waals surface area contributed by atoms with E-state index in [1.807, 2.05) is 48.2 Å². The molecule has 0 saturated carbocycles. The number of hydrogen-bond acceptors (Lipinski definition) is 2. The average molecular weight is 334 g/mol. The van der Waals surface area contributed by atoms with Crippen LogP contribution in [0.4, 0.5) is 0 Å². The van der Waals surface area contributed by atoms with E-state index >= 15 is 0 Å². The second-order valence-corrected chi connectivity index (χ2v) is 6.71. The van der Waals surface area contributed by atoms with Crippen LogP contribution in [0.15, 0.2) is 60.7 Å². The van der Waals surface area contributed by atoms with Crippen molar-refractivity contribution in [3.63, 3.8) is 0 Å². The molecule has 0 aromatic heterocycles. The van der Waals surface area contributed by atoms with Crippen LogP contribution in [0.5, 0.6) is 0 Å². The van der Waals surface area contributed by atoms with E-state index in [4.69, 9.17) is 5.73 Å². The van der Waals surface area contributed by atoms with Crippen LogP contribution < -0.4 is 5.73 Å². The number of hydrogen-bond donors (Lipinski definition) is 1. The van der Waals surface area contributed by atoms with E-state index < -0.39 is 0 Å². The van der Waals surface area contributed by atoms with Crippen molar-refractivity contribution in [2.45, 2.75) is 31.7 Å². The molecule has 1 fully saturated rings. The number of benzene rings is 2. The van der Waals surface area contributed by atoms with Gasteiger partial charge in [0.05, 0.1) is 12.0 Å². The van der Waals surface area contributed by atoms with Gasteiger partial charge in [-0.3, -0.25) is 4.79 Å². The molecule has 2 aromatic carbocycles. The Kier molecular flexibility index (Phi) is 5.67. The highest BCUT2D eigenvalue weighted by molar-refractivity contribution is 5.85. The molecule has 0 aliphatic carbocycles. The summed E-state index contributed by atoms with van der Waals surface area (Å²) in [5, 5.41) is 0. The SMILES string of the molecule is Cc1cccc(C(CN)C(=O)N2CCCC2/C=C/c2ccccc2)c1. The molecule has 0 radical (unpaired) electrons. The van der Waals surface area contributed by atoms with E-state index in [1.54, 1.807) is 0 Å². The molecular formula is C22H26N2O. The van der Waals surface area contributed by atoms with Crippen molar-refractivity contribution in [2.24, 2.45) is 5.73 Å². The standard InChI is InChI=1S/C22H26N2O/c1-17-7-5-10-19(15-17)21(16-23)22(25)24-14-6-11-20(24)13-12-18-8-3-2-4-9-18/h2-5,7-10,12-13,15,20-21H,6,11,14,16,23H2,1H3/b13-12+. The summed E-state index contributed by atoms with van der Waals surface area (Å²) in [4.78, 5) is 15.1. The first-order valence-corrected chi connectivity index (χ1v) is 8.99. The molecule has 3 nitrogen and oxygen atoms in total. The lowest BCUT2D eigenvalue weighted by Gasteiger charge is -2.27. The normalized spacial score (nSPS) is 18.6. The number of rotatable bonds is 5. The smallest absolute Gasteiger partial charge is 0.231 e. The van der Waals surface area contributed by atoms with E-state index in [9.17, 15) is 4.79 Å². The summed E-state index contributed by atoms with van der Waals surface area (Å²) in [5.41, 5.74) is 9.31. The molecule has 2 aromatic rings. The molecule has 1 amide bonds. The number of aryl methyl sites for hydroxylation is 1. The number of nitrogens with two attached hydrogens (primary N) is 1. The van der Waals surface area contributed by atoms with Crippen LogP contribution in [0.2, 0.25) is 0 Å². The summed E-state index contributed by atoms with van der Waals surface area (Å²) < 4.78 is 0. The summed E-state index contributed by atoms with van der Waals surface area (Å²) in [6.07, 6.45) is 6.32. The quantitative estimate of drug-likeness (QED) is 0.905. The van der Waals surface area contributed by atoms with Crippen LogP contribution in [-0.4, -0.2) is 29.9 Å². The number of carbonyl (C=O) groups excluding carboxylic acids is 1. The largest absolute Gasteiger partial charge is 0.336 e. The first-order chi connectivity index (χ1) is 12.2. The molecular weight excluding hydrogens is 308 g/mol. The Morgan fingerprint density at radius 2 is 2.04 bits per heavy atom. The van der Waals surface area contributed by atoms with Gasteiger partial charge in [0.25, 0.3) is 0 Å². The highest BCUT2D eigenvalue weighted by Gasteiger charge is 2.31. The first-order valence-electron chi connectivity index (χ1n) is 8.99. The first kappa shape index (κ1) is 17.4. The predicted octanol–water partition coefficient (Wildman–Crippen LogP) is 3.74. The second-order valence-electron chi connectivity index (χ2n) is 6.71. The number of likely N-dealkylation sites (tertiary alicyclic amines) is 1. The topological polar surface area (TPSA) is 46.3 Å². The third-order valence-corrected chi connectivity index (χ3v) is 4.87. The fourth-order valence-corrected chi connectivity index (χ4v) is 3.52. The molecule has 25 heavy (non-hydrogen) atoms. The Labute approximate surface area is 150 Å². The zero-order chi connectivity index (χ0) is 17.6. The Morgan fingerprint density at radius 3 is 2.76 bits per heavy atom. The Hall–Kier alpha value is -2.39. The zero-order valence-electron chi connectivity index (χ0n) is 14.8. The molecule has 1 heterocycles. The summed E-state index contributed by atoms with van der Waals surface area (Å²) in [7, 11) is 0. The molecule has 3 rings (SSSR count). The number of amides is 1. The molecule has 1 aliphatic heterocycles. The van der Waals surface area contributed by atoms with Gasteiger partial charge < -0.3 is 10.6 Å². The van der Waals surface area contributed by atoms with Crippen LogP contribution in [0, 0.1) is 6.92 Å².